The second-order valence-electron chi connectivity index (χ2n) is 7.16. The number of unbranched alkanes of at least 4 members (excludes halogenated alkanes) is 12. The minimum absolute atomic E-state index is 0.142. The van der Waals surface area contributed by atoms with Crippen LogP contribution in [0.2, 0.25) is 0 Å². The normalized spacial score (nSPS) is 14.7. The third-order valence-corrected chi connectivity index (χ3v) is 6.19. The van der Waals surface area contributed by atoms with E-state index < -0.39 is 15.1 Å². The predicted molar refractivity (Wildman–Crippen MR) is 102 cm³/mol. The zero-order valence-corrected chi connectivity index (χ0v) is 16.7. The second-order valence-corrected chi connectivity index (χ2v) is 8.87. The standard InChI is InChI=1S/C19H40O4S/c1-3-5-7-9-10-11-12-13-14-16-18-19(20,24(21,22)23)17-15-8-6-4-2/h20H,3-18H2,1-2H3,(H,21,22,23). The van der Waals surface area contributed by atoms with Gasteiger partial charge in [-0.05, 0) is 25.7 Å². The van der Waals surface area contributed by atoms with Crippen molar-refractivity contribution in [2.45, 2.75) is 122 Å². The lowest BCUT2D eigenvalue weighted by Gasteiger charge is -2.24. The lowest BCUT2D eigenvalue weighted by molar-refractivity contribution is 0.0884. The monoisotopic (exact) mass is 364 g/mol. The maximum absolute atomic E-state index is 11.5. The van der Waals surface area contributed by atoms with E-state index in [9.17, 15) is 18.1 Å². The average molecular weight is 365 g/mol. The summed E-state index contributed by atoms with van der Waals surface area (Å²) in [4.78, 5) is -1.94. The first-order valence-electron chi connectivity index (χ1n) is 10.1. The summed E-state index contributed by atoms with van der Waals surface area (Å²) in [5, 5.41) is 10.3. The van der Waals surface area contributed by atoms with Crippen LogP contribution in [-0.4, -0.2) is 23.0 Å². The fourth-order valence-electron chi connectivity index (χ4n) is 3.10. The number of hydrogen-bond acceptors (Lipinski definition) is 3. The summed E-state index contributed by atoms with van der Waals surface area (Å²) >= 11 is 0. The van der Waals surface area contributed by atoms with Gasteiger partial charge in [0.1, 0.15) is 0 Å². The molecule has 0 aliphatic heterocycles. The number of rotatable bonds is 17. The molecule has 0 aliphatic carbocycles. The van der Waals surface area contributed by atoms with Crippen LogP contribution in [0.3, 0.4) is 0 Å². The maximum Gasteiger partial charge on any atom is 0.294 e. The first-order valence-corrected chi connectivity index (χ1v) is 11.5. The van der Waals surface area contributed by atoms with Gasteiger partial charge in [-0.25, -0.2) is 0 Å². The molecular weight excluding hydrogens is 324 g/mol. The minimum Gasteiger partial charge on any atom is -0.372 e. The Morgan fingerprint density at radius 2 is 0.917 bits per heavy atom. The molecule has 0 bridgehead atoms. The molecule has 0 aliphatic rings. The summed E-state index contributed by atoms with van der Waals surface area (Å²) < 4.78 is 32.4. The van der Waals surface area contributed by atoms with E-state index in [1.54, 1.807) is 0 Å². The Morgan fingerprint density at radius 1 is 0.625 bits per heavy atom. The van der Waals surface area contributed by atoms with Crippen LogP contribution in [0, 0.1) is 0 Å². The van der Waals surface area contributed by atoms with Gasteiger partial charge in [0.25, 0.3) is 10.1 Å². The highest BCUT2D eigenvalue weighted by atomic mass is 32.2. The molecule has 0 spiro atoms. The first-order chi connectivity index (χ1) is 11.4. The van der Waals surface area contributed by atoms with E-state index in [2.05, 4.69) is 13.8 Å². The molecule has 2 N–H and O–H groups in total. The number of aliphatic hydroxyl groups is 1. The van der Waals surface area contributed by atoms with Crippen LogP contribution in [0.15, 0.2) is 0 Å². The highest BCUT2D eigenvalue weighted by Gasteiger charge is 2.39. The Labute approximate surface area is 150 Å². The fraction of sp³-hybridized carbons (Fsp3) is 1.00. The maximum atomic E-state index is 11.5. The van der Waals surface area contributed by atoms with Crippen molar-refractivity contribution in [3.63, 3.8) is 0 Å². The number of hydrogen-bond donors (Lipinski definition) is 2. The zero-order chi connectivity index (χ0) is 18.3. The van der Waals surface area contributed by atoms with Gasteiger partial charge in [0, 0.05) is 0 Å². The van der Waals surface area contributed by atoms with E-state index in [0.29, 0.717) is 12.8 Å². The second kappa shape index (κ2) is 14.1. The van der Waals surface area contributed by atoms with Gasteiger partial charge in [0.2, 0.25) is 0 Å². The summed E-state index contributed by atoms with van der Waals surface area (Å²) in [6.07, 6.45) is 15.5. The molecule has 1 atom stereocenters. The molecule has 0 saturated carbocycles. The first kappa shape index (κ1) is 23.9. The molecule has 0 heterocycles. The topological polar surface area (TPSA) is 74.6 Å². The molecule has 1 unspecified atom stereocenters. The van der Waals surface area contributed by atoms with Crippen molar-refractivity contribution < 1.29 is 18.1 Å². The van der Waals surface area contributed by atoms with Crippen molar-refractivity contribution in [1.82, 2.24) is 0 Å². The van der Waals surface area contributed by atoms with Gasteiger partial charge in [-0.2, -0.15) is 8.42 Å². The average Bonchev–Trinajstić information content (AvgIpc) is 2.52. The quantitative estimate of drug-likeness (QED) is 0.251. The Balaban J connectivity index is 3.87. The highest BCUT2D eigenvalue weighted by molar-refractivity contribution is 7.87. The lowest BCUT2D eigenvalue weighted by atomic mass is 10.0. The predicted octanol–water partition coefficient (Wildman–Crippen LogP) is 5.84. The summed E-state index contributed by atoms with van der Waals surface area (Å²) in [7, 11) is -4.41. The molecule has 0 rings (SSSR count). The van der Waals surface area contributed by atoms with Crippen LogP contribution < -0.4 is 0 Å². The van der Waals surface area contributed by atoms with Crippen molar-refractivity contribution in [2.24, 2.45) is 0 Å². The van der Waals surface area contributed by atoms with Crippen molar-refractivity contribution in [1.29, 1.82) is 0 Å². The molecule has 4 nitrogen and oxygen atoms in total. The van der Waals surface area contributed by atoms with Gasteiger partial charge >= 0.3 is 0 Å². The highest BCUT2D eigenvalue weighted by Crippen LogP contribution is 2.28. The summed E-state index contributed by atoms with van der Waals surface area (Å²) in [6, 6.07) is 0. The van der Waals surface area contributed by atoms with Crippen LogP contribution >= 0.6 is 0 Å². The minimum atomic E-state index is -4.41. The summed E-state index contributed by atoms with van der Waals surface area (Å²) in [5.74, 6) is 0. The zero-order valence-electron chi connectivity index (χ0n) is 15.9. The van der Waals surface area contributed by atoms with Gasteiger partial charge in [0.05, 0.1) is 0 Å². The Kier molecular flexibility index (Phi) is 14.0. The van der Waals surface area contributed by atoms with Crippen LogP contribution in [0.25, 0.3) is 0 Å². The van der Waals surface area contributed by atoms with Gasteiger partial charge < -0.3 is 5.11 Å². The summed E-state index contributed by atoms with van der Waals surface area (Å²) in [5.41, 5.74) is 0. The van der Waals surface area contributed by atoms with Crippen molar-refractivity contribution >= 4 is 10.1 Å². The Hall–Kier alpha value is -0.130. The van der Waals surface area contributed by atoms with Gasteiger partial charge in [-0.1, -0.05) is 90.9 Å². The van der Waals surface area contributed by atoms with Crippen LogP contribution in [0.5, 0.6) is 0 Å². The van der Waals surface area contributed by atoms with Crippen LogP contribution in [0.1, 0.15) is 117 Å². The van der Waals surface area contributed by atoms with E-state index in [-0.39, 0.29) is 12.8 Å². The molecule has 0 aromatic rings. The van der Waals surface area contributed by atoms with E-state index in [4.69, 9.17) is 0 Å². The lowest BCUT2D eigenvalue weighted by Crippen LogP contribution is -2.38. The molecule has 0 saturated heterocycles. The molecule has 0 aromatic heterocycles. The fourth-order valence-corrected chi connectivity index (χ4v) is 3.90. The van der Waals surface area contributed by atoms with E-state index in [1.165, 1.54) is 44.9 Å². The molecule has 0 fully saturated rings. The van der Waals surface area contributed by atoms with E-state index in [0.717, 1.165) is 32.1 Å². The molecule has 24 heavy (non-hydrogen) atoms. The van der Waals surface area contributed by atoms with E-state index in [1.807, 2.05) is 0 Å². The van der Waals surface area contributed by atoms with Gasteiger partial charge in [-0.3, -0.25) is 4.55 Å². The SMILES string of the molecule is CCCCCCCCCCCCC(O)(CCCCCC)S(=O)(=O)O. The largest absolute Gasteiger partial charge is 0.372 e. The van der Waals surface area contributed by atoms with E-state index >= 15 is 0 Å². The Morgan fingerprint density at radius 3 is 1.25 bits per heavy atom. The Bertz CT molecular complexity index is 381. The van der Waals surface area contributed by atoms with Crippen LogP contribution in [-0.2, 0) is 10.1 Å². The van der Waals surface area contributed by atoms with Gasteiger partial charge in [-0.15, -0.1) is 0 Å². The molecular formula is C19H40O4S. The smallest absolute Gasteiger partial charge is 0.294 e. The third-order valence-electron chi connectivity index (χ3n) is 4.82. The summed E-state index contributed by atoms with van der Waals surface area (Å²) in [6.45, 7) is 4.30. The van der Waals surface area contributed by atoms with Crippen molar-refractivity contribution in [2.75, 3.05) is 0 Å². The van der Waals surface area contributed by atoms with Crippen molar-refractivity contribution in [3.05, 3.63) is 0 Å². The molecule has 5 heteroatoms. The molecule has 0 radical (unpaired) electrons. The molecule has 0 amide bonds. The molecule has 146 valence electrons. The molecule has 0 aromatic carbocycles. The van der Waals surface area contributed by atoms with Gasteiger partial charge in [0.15, 0.2) is 4.93 Å². The van der Waals surface area contributed by atoms with Crippen molar-refractivity contribution in [3.8, 4) is 0 Å². The third kappa shape index (κ3) is 11.4. The van der Waals surface area contributed by atoms with Crippen LogP contribution in [0.4, 0.5) is 0 Å².